The lowest BCUT2D eigenvalue weighted by Gasteiger charge is -2.34. The van der Waals surface area contributed by atoms with Crippen LogP contribution in [0.1, 0.15) is 34.6 Å². The van der Waals surface area contributed by atoms with Crippen molar-refractivity contribution in [1.29, 1.82) is 0 Å². The molecule has 15 heteroatoms. The van der Waals surface area contributed by atoms with Crippen molar-refractivity contribution in [3.8, 4) is 11.3 Å². The zero-order valence-electron chi connectivity index (χ0n) is 23.2. The molecule has 2 rings (SSSR count). The molecule has 0 spiro atoms. The summed E-state index contributed by atoms with van der Waals surface area (Å²) in [5, 5.41) is 8.52. The van der Waals surface area contributed by atoms with E-state index in [-0.39, 0.29) is 0 Å². The molecule has 2 aromatic rings. The smallest absolute Gasteiger partial charge is 0.303 e. The van der Waals surface area contributed by atoms with Crippen molar-refractivity contribution in [2.24, 2.45) is 5.10 Å². The van der Waals surface area contributed by atoms with Crippen LogP contribution in [0.25, 0.3) is 11.3 Å². The number of halogens is 1. The van der Waals surface area contributed by atoms with Gasteiger partial charge < -0.3 is 23.7 Å². The van der Waals surface area contributed by atoms with E-state index in [1.807, 2.05) is 17.5 Å². The molecule has 0 aliphatic carbocycles. The summed E-state index contributed by atoms with van der Waals surface area (Å²) >= 11 is 7.23. The van der Waals surface area contributed by atoms with Crippen LogP contribution in [0.15, 0.2) is 34.7 Å². The Labute approximate surface area is 245 Å². The number of benzene rings is 1. The highest BCUT2D eigenvalue weighted by molar-refractivity contribution is 7.14. The highest BCUT2D eigenvalue weighted by Crippen LogP contribution is 2.28. The molecule has 0 radical (unpaired) electrons. The number of ether oxygens (including phenoxy) is 5. The molecule has 0 bridgehead atoms. The number of thiazole rings is 1. The summed E-state index contributed by atoms with van der Waals surface area (Å²) in [6.07, 6.45) is -4.88. The monoisotopic (exact) mass is 611 g/mol. The van der Waals surface area contributed by atoms with Crippen molar-refractivity contribution in [3.05, 3.63) is 34.7 Å². The number of nitrogens with zero attached hydrogens (tertiary/aromatic N) is 3. The molecule has 0 saturated carbocycles. The van der Waals surface area contributed by atoms with E-state index in [9.17, 15) is 24.0 Å². The van der Waals surface area contributed by atoms with Crippen LogP contribution >= 0.6 is 22.9 Å². The number of rotatable bonds is 13. The maximum absolute atomic E-state index is 12.1. The number of aromatic nitrogens is 1. The van der Waals surface area contributed by atoms with Crippen LogP contribution in [-0.2, 0) is 47.7 Å². The molecule has 0 N–H and O–H groups in total. The molecular weight excluding hydrogens is 582 g/mol. The Kier molecular flexibility index (Phi) is 12.7. The van der Waals surface area contributed by atoms with Gasteiger partial charge >= 0.3 is 29.8 Å². The first kappa shape index (κ1) is 33.2. The van der Waals surface area contributed by atoms with Gasteiger partial charge in [0.1, 0.15) is 6.61 Å². The van der Waals surface area contributed by atoms with Gasteiger partial charge in [-0.25, -0.2) is 9.99 Å². The van der Waals surface area contributed by atoms with E-state index in [1.54, 1.807) is 19.2 Å². The Morgan fingerprint density at radius 2 is 1.44 bits per heavy atom. The fraction of sp³-hybridized carbons (Fsp3) is 0.423. The third-order valence-electron chi connectivity index (χ3n) is 4.98. The fourth-order valence-corrected chi connectivity index (χ4v) is 4.31. The van der Waals surface area contributed by atoms with Crippen LogP contribution in [0.5, 0.6) is 0 Å². The van der Waals surface area contributed by atoms with Crippen LogP contribution < -0.4 is 5.01 Å². The van der Waals surface area contributed by atoms with Crippen LogP contribution in [0, 0.1) is 0 Å². The Hall–Kier alpha value is -4.04. The molecule has 4 atom stereocenters. The van der Waals surface area contributed by atoms with E-state index in [4.69, 9.17) is 35.3 Å². The maximum atomic E-state index is 12.1. The summed E-state index contributed by atoms with van der Waals surface area (Å²) in [6, 6.07) is 7.10. The van der Waals surface area contributed by atoms with Gasteiger partial charge in [-0.2, -0.15) is 5.10 Å². The fourth-order valence-electron chi connectivity index (χ4n) is 3.42. The molecule has 1 aromatic heterocycles. The lowest BCUT2D eigenvalue weighted by molar-refractivity contribution is -0.197. The lowest BCUT2D eigenvalue weighted by atomic mass is 10.0. The molecule has 13 nitrogen and oxygen atoms in total. The second-order valence-corrected chi connectivity index (χ2v) is 9.76. The van der Waals surface area contributed by atoms with E-state index in [1.165, 1.54) is 16.3 Å². The Morgan fingerprint density at radius 1 is 0.878 bits per heavy atom. The summed E-state index contributed by atoms with van der Waals surface area (Å²) in [5.74, 6) is -3.99. The maximum Gasteiger partial charge on any atom is 0.303 e. The molecule has 1 heterocycles. The Morgan fingerprint density at radius 3 is 1.98 bits per heavy atom. The van der Waals surface area contributed by atoms with Gasteiger partial charge in [-0.15, -0.1) is 11.3 Å². The topological polar surface area (TPSA) is 160 Å². The molecule has 0 fully saturated rings. The highest BCUT2D eigenvalue weighted by atomic mass is 35.5. The van der Waals surface area contributed by atoms with Crippen molar-refractivity contribution in [1.82, 2.24) is 4.98 Å². The van der Waals surface area contributed by atoms with E-state index in [0.29, 0.717) is 15.8 Å². The number of carbonyl (C=O) groups excluding carboxylic acids is 5. The predicted molar refractivity (Wildman–Crippen MR) is 148 cm³/mol. The van der Waals surface area contributed by atoms with E-state index < -0.39 is 60.9 Å². The van der Waals surface area contributed by atoms with E-state index >= 15 is 0 Å². The third-order valence-corrected chi connectivity index (χ3v) is 6.14. The summed E-state index contributed by atoms with van der Waals surface area (Å²) in [4.78, 5) is 64.0. The molecule has 0 aliphatic heterocycles. The standard InChI is InChI=1S/C26H30ClN3O10S/c1-14(31)36-12-23(38-16(3)33)25(40-18(5)35)24(39-17(4)34)22(37-15(2)32)11-28-30(6)26-29-21(13-41-26)19-7-9-20(27)10-8-19/h7-11,13,22-25H,12H2,1-6H3/b28-11-/t22-,23+,24+,25+/m0/s1. The zero-order chi connectivity index (χ0) is 30.7. The average Bonchev–Trinajstić information content (AvgIpc) is 3.36. The minimum absolute atomic E-state index is 0.459. The number of hydrogen-bond donors (Lipinski definition) is 0. The number of hydrazone groups is 1. The lowest BCUT2D eigenvalue weighted by Crippen LogP contribution is -2.53. The van der Waals surface area contributed by atoms with Crippen LogP contribution in [0.2, 0.25) is 5.02 Å². The first-order chi connectivity index (χ1) is 19.3. The van der Waals surface area contributed by atoms with Gasteiger partial charge in [0.2, 0.25) is 5.13 Å². The molecule has 222 valence electrons. The first-order valence-corrected chi connectivity index (χ1v) is 13.3. The first-order valence-electron chi connectivity index (χ1n) is 12.1. The van der Waals surface area contributed by atoms with Gasteiger partial charge in [0.15, 0.2) is 24.4 Å². The van der Waals surface area contributed by atoms with E-state index in [2.05, 4.69) is 10.1 Å². The number of anilines is 1. The second kappa shape index (κ2) is 15.7. The zero-order valence-corrected chi connectivity index (χ0v) is 24.8. The van der Waals surface area contributed by atoms with Crippen molar-refractivity contribution >= 4 is 64.1 Å². The molecular formula is C26H30ClN3O10S. The number of carbonyl (C=O) groups is 5. The van der Waals surface area contributed by atoms with Crippen LogP contribution in [0.4, 0.5) is 5.13 Å². The number of esters is 5. The normalized spacial score (nSPS) is 13.8. The van der Waals surface area contributed by atoms with Crippen LogP contribution in [-0.4, -0.2) is 79.1 Å². The van der Waals surface area contributed by atoms with Gasteiger partial charge in [0.25, 0.3) is 0 Å². The molecule has 41 heavy (non-hydrogen) atoms. The molecule has 1 aromatic carbocycles. The van der Waals surface area contributed by atoms with Crippen molar-refractivity contribution in [2.45, 2.75) is 59.0 Å². The molecule has 0 amide bonds. The molecule has 0 unspecified atom stereocenters. The molecule has 0 saturated heterocycles. The van der Waals surface area contributed by atoms with Gasteiger partial charge in [-0.3, -0.25) is 24.0 Å². The van der Waals surface area contributed by atoms with E-state index in [0.717, 1.165) is 46.4 Å². The van der Waals surface area contributed by atoms with Crippen molar-refractivity contribution in [2.75, 3.05) is 18.7 Å². The summed E-state index contributed by atoms with van der Waals surface area (Å²) in [6.45, 7) is 4.90. The predicted octanol–water partition coefficient (Wildman–Crippen LogP) is 3.18. The molecule has 0 aliphatic rings. The SMILES string of the molecule is CC(=O)OC[C@@H](OC(C)=O)[C@@H](OC(C)=O)[C@H](OC(C)=O)[C@H](/C=N\N(C)c1nc(-c2ccc(Cl)cc2)cs1)OC(C)=O. The Balaban J connectivity index is 2.46. The van der Waals surface area contributed by atoms with Gasteiger partial charge in [0, 0.05) is 57.6 Å². The quantitative estimate of drug-likeness (QED) is 0.141. The second-order valence-electron chi connectivity index (χ2n) is 8.48. The average molecular weight is 612 g/mol. The van der Waals surface area contributed by atoms with Crippen molar-refractivity contribution < 1.29 is 47.7 Å². The third kappa shape index (κ3) is 11.2. The number of hydrogen-bond acceptors (Lipinski definition) is 14. The minimum atomic E-state index is -1.57. The largest absolute Gasteiger partial charge is 0.462 e. The van der Waals surface area contributed by atoms with Gasteiger partial charge in [-0.05, 0) is 12.1 Å². The van der Waals surface area contributed by atoms with Gasteiger partial charge in [0.05, 0.1) is 11.9 Å². The summed E-state index contributed by atoms with van der Waals surface area (Å²) in [7, 11) is 1.58. The summed E-state index contributed by atoms with van der Waals surface area (Å²) < 4.78 is 26.3. The Bertz CT molecular complexity index is 1270. The highest BCUT2D eigenvalue weighted by Gasteiger charge is 2.43. The summed E-state index contributed by atoms with van der Waals surface area (Å²) in [5.41, 5.74) is 1.50. The van der Waals surface area contributed by atoms with Crippen molar-refractivity contribution in [3.63, 3.8) is 0 Å². The minimum Gasteiger partial charge on any atom is -0.462 e. The van der Waals surface area contributed by atoms with Gasteiger partial charge in [-0.1, -0.05) is 23.7 Å². The van der Waals surface area contributed by atoms with Crippen LogP contribution in [0.3, 0.4) is 0 Å².